The largest absolute Gasteiger partial charge is 0.534 e. The van der Waals surface area contributed by atoms with E-state index in [1.54, 1.807) is 0 Å². The molecule has 1 heterocycles. The molecule has 0 saturated carbocycles. The summed E-state index contributed by atoms with van der Waals surface area (Å²) in [7, 11) is -2.81. The third-order valence-corrected chi connectivity index (χ3v) is 13.2. The molecule has 0 radical (unpaired) electrons. The Morgan fingerprint density at radius 2 is 1.16 bits per heavy atom. The van der Waals surface area contributed by atoms with Crippen molar-refractivity contribution in [1.29, 1.82) is 0 Å². The van der Waals surface area contributed by atoms with Crippen LogP contribution >= 0.6 is 0 Å². The van der Waals surface area contributed by atoms with Gasteiger partial charge in [-0.1, -0.05) is 93.6 Å². The van der Waals surface area contributed by atoms with Crippen molar-refractivity contribution in [2.24, 2.45) is 0 Å². The standard InChI is InChI=1S/C38H46O11Si/c1-25(39)44-24-33-34(45-26(2)40)35(46-27(3)41)36(47-28(4)42)37(48-33)43-23-22-29-18-20-30(21-19-29)49-50(38(5,6)7,31-14-10-8-11-15-31)32-16-12-9-13-17-32/h8-21,33-37H,22-24H2,1-7H3/t33-,34-,35+,36-,37-/m1/s1. The number of ether oxygens (including phenoxy) is 6. The second-order valence-corrected chi connectivity index (χ2v) is 17.3. The van der Waals surface area contributed by atoms with E-state index in [9.17, 15) is 19.2 Å². The lowest BCUT2D eigenvalue weighted by Crippen LogP contribution is -2.68. The van der Waals surface area contributed by atoms with Gasteiger partial charge in [-0.2, -0.15) is 0 Å². The van der Waals surface area contributed by atoms with Crippen molar-refractivity contribution in [1.82, 2.24) is 0 Å². The molecule has 268 valence electrons. The van der Waals surface area contributed by atoms with Gasteiger partial charge < -0.3 is 32.8 Å². The highest BCUT2D eigenvalue weighted by Gasteiger charge is 2.53. The zero-order valence-corrected chi connectivity index (χ0v) is 30.6. The molecule has 0 spiro atoms. The van der Waals surface area contributed by atoms with Crippen LogP contribution < -0.4 is 14.8 Å². The monoisotopic (exact) mass is 706 g/mol. The molecule has 3 aromatic rings. The van der Waals surface area contributed by atoms with Gasteiger partial charge in [0.05, 0.1) is 6.61 Å². The number of esters is 4. The average molecular weight is 707 g/mol. The summed E-state index contributed by atoms with van der Waals surface area (Å²) in [6, 6.07) is 28.6. The first kappa shape index (κ1) is 38.3. The second kappa shape index (κ2) is 16.9. The van der Waals surface area contributed by atoms with Crippen LogP contribution in [0.4, 0.5) is 0 Å². The van der Waals surface area contributed by atoms with Gasteiger partial charge in [0, 0.05) is 27.7 Å². The Hall–Kier alpha value is -4.52. The topological polar surface area (TPSA) is 133 Å². The molecule has 12 heteroatoms. The molecule has 0 aliphatic carbocycles. The van der Waals surface area contributed by atoms with E-state index in [1.165, 1.54) is 38.1 Å². The first-order chi connectivity index (χ1) is 23.7. The van der Waals surface area contributed by atoms with Crippen molar-refractivity contribution < 1.29 is 52.0 Å². The van der Waals surface area contributed by atoms with Crippen molar-refractivity contribution in [2.45, 2.75) is 90.6 Å². The summed E-state index contributed by atoms with van der Waals surface area (Å²) in [6.07, 6.45) is -5.71. The molecule has 50 heavy (non-hydrogen) atoms. The summed E-state index contributed by atoms with van der Waals surface area (Å²) in [5.41, 5.74) is 0.936. The molecule has 5 atom stereocenters. The van der Waals surface area contributed by atoms with Crippen LogP contribution in [0.2, 0.25) is 5.04 Å². The molecule has 11 nitrogen and oxygen atoms in total. The molecule has 0 bridgehead atoms. The highest BCUT2D eigenvalue weighted by Crippen LogP contribution is 2.37. The van der Waals surface area contributed by atoms with Crippen molar-refractivity contribution >= 4 is 42.6 Å². The molecule has 1 saturated heterocycles. The van der Waals surface area contributed by atoms with Gasteiger partial charge in [-0.15, -0.1) is 0 Å². The third kappa shape index (κ3) is 9.58. The van der Waals surface area contributed by atoms with Gasteiger partial charge >= 0.3 is 32.2 Å². The molecule has 0 unspecified atom stereocenters. The highest BCUT2D eigenvalue weighted by molar-refractivity contribution is 7.00. The Morgan fingerprint density at radius 1 is 0.660 bits per heavy atom. The van der Waals surface area contributed by atoms with Gasteiger partial charge in [0.2, 0.25) is 0 Å². The lowest BCUT2D eigenvalue weighted by molar-refractivity contribution is -0.307. The molecule has 0 amide bonds. The summed E-state index contributed by atoms with van der Waals surface area (Å²) in [6.45, 7) is 11.2. The maximum absolute atomic E-state index is 12.1. The molecule has 0 aromatic heterocycles. The molecule has 1 aliphatic heterocycles. The lowest BCUT2D eigenvalue weighted by atomic mass is 9.98. The zero-order chi connectivity index (χ0) is 36.5. The normalized spacial score (nSPS) is 20.7. The Bertz CT molecular complexity index is 1550. The summed E-state index contributed by atoms with van der Waals surface area (Å²) >= 11 is 0. The lowest BCUT2D eigenvalue weighted by Gasteiger charge is -2.44. The molecule has 1 aliphatic rings. The van der Waals surface area contributed by atoms with E-state index in [1.807, 2.05) is 60.7 Å². The van der Waals surface area contributed by atoms with Crippen LogP contribution in [0.1, 0.15) is 54.0 Å². The Labute approximate surface area is 294 Å². The van der Waals surface area contributed by atoms with Crippen LogP contribution in [0.25, 0.3) is 0 Å². The van der Waals surface area contributed by atoms with Crippen LogP contribution in [-0.2, 0) is 54.0 Å². The SMILES string of the molecule is CC(=O)OC[C@H]1O[C@@H](OCCc2ccc(O[Si](c3ccccc3)(c3ccccc3)C(C)(C)C)cc2)[C@H](OC(C)=O)[C@@H](OC(C)=O)[C@@H]1OC(C)=O. The van der Waals surface area contributed by atoms with E-state index < -0.39 is 62.9 Å². The van der Waals surface area contributed by atoms with Crippen molar-refractivity contribution in [3.8, 4) is 5.75 Å². The van der Waals surface area contributed by atoms with Crippen LogP contribution in [0, 0.1) is 0 Å². The Morgan fingerprint density at radius 3 is 1.64 bits per heavy atom. The van der Waals surface area contributed by atoms with Gasteiger partial charge in [-0.3, -0.25) is 19.2 Å². The molecule has 3 aromatic carbocycles. The smallest absolute Gasteiger partial charge is 0.319 e. The van der Waals surface area contributed by atoms with Crippen LogP contribution in [0.15, 0.2) is 84.9 Å². The number of rotatable bonds is 13. The summed E-state index contributed by atoms with van der Waals surface area (Å²) < 4.78 is 40.8. The van der Waals surface area contributed by atoms with Gasteiger partial charge in [-0.25, -0.2) is 0 Å². The van der Waals surface area contributed by atoms with Gasteiger partial charge in [0.25, 0.3) is 0 Å². The van der Waals surface area contributed by atoms with Crippen molar-refractivity contribution in [3.63, 3.8) is 0 Å². The first-order valence-electron chi connectivity index (χ1n) is 16.5. The quantitative estimate of drug-likeness (QED) is 0.143. The fourth-order valence-corrected chi connectivity index (χ4v) is 10.6. The second-order valence-electron chi connectivity index (χ2n) is 13.1. The van der Waals surface area contributed by atoms with Gasteiger partial charge in [0.1, 0.15) is 18.5 Å². The van der Waals surface area contributed by atoms with Crippen LogP contribution in [-0.4, -0.2) is 76.1 Å². The average Bonchev–Trinajstić information content (AvgIpc) is 3.05. The molecule has 1 fully saturated rings. The minimum absolute atomic E-state index is 0.114. The molecule has 0 N–H and O–H groups in total. The number of hydrogen-bond donors (Lipinski definition) is 0. The summed E-state index contributed by atoms with van der Waals surface area (Å²) in [5, 5.41) is 2.13. The maximum atomic E-state index is 12.1. The number of carbonyl (C=O) groups excluding carboxylic acids is 4. The van der Waals surface area contributed by atoms with E-state index in [0.29, 0.717) is 6.42 Å². The highest BCUT2D eigenvalue weighted by atomic mass is 28.4. The first-order valence-corrected chi connectivity index (χ1v) is 18.4. The third-order valence-electron chi connectivity index (χ3n) is 8.23. The number of benzene rings is 3. The molecular weight excluding hydrogens is 660 g/mol. The van der Waals surface area contributed by atoms with E-state index in [-0.39, 0.29) is 18.3 Å². The fraction of sp³-hybridized carbons (Fsp3) is 0.421. The minimum Gasteiger partial charge on any atom is -0.534 e. The van der Waals surface area contributed by atoms with E-state index in [4.69, 9.17) is 32.8 Å². The predicted octanol–water partition coefficient (Wildman–Crippen LogP) is 4.27. The summed E-state index contributed by atoms with van der Waals surface area (Å²) in [4.78, 5) is 47.8. The van der Waals surface area contributed by atoms with E-state index in [0.717, 1.165) is 11.3 Å². The maximum Gasteiger partial charge on any atom is 0.319 e. The van der Waals surface area contributed by atoms with E-state index >= 15 is 0 Å². The summed E-state index contributed by atoms with van der Waals surface area (Å²) in [5.74, 6) is -1.96. The van der Waals surface area contributed by atoms with Gasteiger partial charge in [-0.05, 0) is 39.5 Å². The fourth-order valence-electron chi connectivity index (χ4n) is 6.17. The van der Waals surface area contributed by atoms with Crippen molar-refractivity contribution in [2.75, 3.05) is 13.2 Å². The number of carbonyl (C=O) groups is 4. The zero-order valence-electron chi connectivity index (χ0n) is 29.6. The minimum atomic E-state index is -2.81. The predicted molar refractivity (Wildman–Crippen MR) is 186 cm³/mol. The van der Waals surface area contributed by atoms with E-state index in [2.05, 4.69) is 45.0 Å². The van der Waals surface area contributed by atoms with Crippen LogP contribution in [0.5, 0.6) is 5.75 Å². The van der Waals surface area contributed by atoms with Crippen LogP contribution in [0.3, 0.4) is 0 Å². The number of hydrogen-bond acceptors (Lipinski definition) is 11. The Kier molecular flexibility index (Phi) is 13.0. The van der Waals surface area contributed by atoms with Crippen molar-refractivity contribution in [3.05, 3.63) is 90.5 Å². The molecular formula is C38H46O11Si. The van der Waals surface area contributed by atoms with Gasteiger partial charge in [0.15, 0.2) is 24.6 Å². The Balaban J connectivity index is 1.54. The molecule has 4 rings (SSSR count).